The molecule has 0 spiro atoms. The van der Waals surface area contributed by atoms with Crippen LogP contribution >= 0.6 is 0 Å². The monoisotopic (exact) mass is 540 g/mol. The average molecular weight is 541 g/mol. The zero-order valence-corrected chi connectivity index (χ0v) is 21.7. The molecular formula is C28H31F3N6O2. The summed E-state index contributed by atoms with van der Waals surface area (Å²) in [5, 5.41) is 5.98. The molecule has 2 aliphatic heterocycles. The molecule has 206 valence electrons. The summed E-state index contributed by atoms with van der Waals surface area (Å²) in [6.07, 6.45) is 6.98. The highest BCUT2D eigenvalue weighted by Crippen LogP contribution is 2.28. The fourth-order valence-electron chi connectivity index (χ4n) is 5.13. The van der Waals surface area contributed by atoms with E-state index in [2.05, 4.69) is 25.5 Å². The molecule has 2 N–H and O–H groups in total. The molecule has 1 amide bonds. The van der Waals surface area contributed by atoms with Crippen LogP contribution in [0, 0.1) is 18.7 Å². The van der Waals surface area contributed by atoms with Crippen molar-refractivity contribution in [2.75, 3.05) is 31.6 Å². The molecule has 3 fully saturated rings. The van der Waals surface area contributed by atoms with E-state index in [1.165, 1.54) is 24.7 Å². The van der Waals surface area contributed by atoms with Gasteiger partial charge in [0.25, 0.3) is 5.91 Å². The number of hydrogen-bond donors (Lipinski definition) is 2. The molecule has 3 atom stereocenters. The number of carbonyl (C=O) groups excluding carboxylic acids is 1. The van der Waals surface area contributed by atoms with Crippen molar-refractivity contribution in [2.24, 2.45) is 0 Å². The lowest BCUT2D eigenvalue weighted by Crippen LogP contribution is -2.51. The highest BCUT2D eigenvalue weighted by Gasteiger charge is 2.32. The number of pyridine rings is 1. The van der Waals surface area contributed by atoms with Crippen LogP contribution in [0.2, 0.25) is 0 Å². The molecule has 6 rings (SSSR count). The first-order chi connectivity index (χ1) is 18.8. The molecule has 1 aliphatic carbocycles. The third-order valence-electron chi connectivity index (χ3n) is 7.65. The summed E-state index contributed by atoms with van der Waals surface area (Å²) in [5.74, 6) is -1.77. The Morgan fingerprint density at radius 1 is 1.15 bits per heavy atom. The lowest BCUT2D eigenvalue weighted by atomic mass is 10.0. The Bertz CT molecular complexity index is 1370. The number of nitrogens with one attached hydrogen (secondary N) is 2. The number of halogens is 3. The van der Waals surface area contributed by atoms with Gasteiger partial charge < -0.3 is 19.9 Å². The maximum atomic E-state index is 15.0. The SMILES string of the molecule is Cc1cc(F)c(C(=O)NC2CC2)cc1-n1cnc(-c2cc(N[C@H]3CCN(CC4CCO4)C[C@H]3F)cnc2F)c1. The molecule has 0 radical (unpaired) electrons. The van der Waals surface area contributed by atoms with Gasteiger partial charge in [0.15, 0.2) is 0 Å². The van der Waals surface area contributed by atoms with Crippen molar-refractivity contribution in [3.8, 4) is 16.9 Å². The van der Waals surface area contributed by atoms with Crippen molar-refractivity contribution in [1.29, 1.82) is 0 Å². The van der Waals surface area contributed by atoms with E-state index in [-0.39, 0.29) is 23.3 Å². The topological polar surface area (TPSA) is 84.3 Å². The first kappa shape index (κ1) is 25.8. The van der Waals surface area contributed by atoms with E-state index in [0.717, 1.165) is 39.0 Å². The number of amides is 1. The smallest absolute Gasteiger partial charge is 0.254 e. The largest absolute Gasteiger partial charge is 0.378 e. The third kappa shape index (κ3) is 5.65. The van der Waals surface area contributed by atoms with Gasteiger partial charge in [-0.25, -0.2) is 18.7 Å². The van der Waals surface area contributed by atoms with Gasteiger partial charge in [0.2, 0.25) is 5.95 Å². The number of piperidine rings is 1. The molecule has 8 nitrogen and oxygen atoms in total. The summed E-state index contributed by atoms with van der Waals surface area (Å²) in [6, 6.07) is 4.04. The van der Waals surface area contributed by atoms with E-state index in [9.17, 15) is 18.0 Å². The number of nitrogens with zero attached hydrogens (tertiary/aromatic N) is 4. The van der Waals surface area contributed by atoms with Gasteiger partial charge in [0.05, 0.1) is 52.9 Å². The van der Waals surface area contributed by atoms with Crippen molar-refractivity contribution in [3.63, 3.8) is 0 Å². The molecular weight excluding hydrogens is 509 g/mol. The second kappa shape index (κ2) is 10.6. The number of alkyl halides is 1. The fourth-order valence-corrected chi connectivity index (χ4v) is 5.13. The third-order valence-corrected chi connectivity index (χ3v) is 7.65. The fraction of sp³-hybridized carbons (Fsp3) is 0.464. The van der Waals surface area contributed by atoms with Crippen LogP contribution in [0.1, 0.15) is 41.6 Å². The van der Waals surface area contributed by atoms with Gasteiger partial charge in [0.1, 0.15) is 12.0 Å². The lowest BCUT2D eigenvalue weighted by Gasteiger charge is -2.39. The molecule has 1 aromatic carbocycles. The van der Waals surface area contributed by atoms with E-state index < -0.39 is 29.9 Å². The Kier molecular flexibility index (Phi) is 7.03. The summed E-state index contributed by atoms with van der Waals surface area (Å²) in [7, 11) is 0. The highest BCUT2D eigenvalue weighted by molar-refractivity contribution is 5.95. The number of benzene rings is 1. The maximum Gasteiger partial charge on any atom is 0.254 e. The summed E-state index contributed by atoms with van der Waals surface area (Å²) in [6.45, 7) is 4.33. The predicted molar refractivity (Wildman–Crippen MR) is 140 cm³/mol. The second-order valence-electron chi connectivity index (χ2n) is 10.7. The number of anilines is 1. The van der Waals surface area contributed by atoms with E-state index in [4.69, 9.17) is 4.74 Å². The van der Waals surface area contributed by atoms with Crippen LogP contribution in [0.3, 0.4) is 0 Å². The van der Waals surface area contributed by atoms with Crippen LogP contribution in [0.5, 0.6) is 0 Å². The summed E-state index contributed by atoms with van der Waals surface area (Å²) in [5.41, 5.74) is 2.06. The van der Waals surface area contributed by atoms with Gasteiger partial charge in [-0.3, -0.25) is 9.69 Å². The van der Waals surface area contributed by atoms with Crippen molar-refractivity contribution >= 4 is 11.6 Å². The first-order valence-electron chi connectivity index (χ1n) is 13.4. The number of aromatic nitrogens is 3. The van der Waals surface area contributed by atoms with Gasteiger partial charge in [-0.2, -0.15) is 4.39 Å². The number of rotatable bonds is 8. The van der Waals surface area contributed by atoms with Crippen LogP contribution in [0.4, 0.5) is 18.9 Å². The Labute approximate surface area is 224 Å². The molecule has 2 aromatic heterocycles. The number of imidazole rings is 1. The van der Waals surface area contributed by atoms with Gasteiger partial charge >= 0.3 is 0 Å². The zero-order valence-electron chi connectivity index (χ0n) is 21.7. The molecule has 3 aliphatic rings. The molecule has 11 heteroatoms. The molecule has 0 bridgehead atoms. The predicted octanol–water partition coefficient (Wildman–Crippen LogP) is 4.03. The van der Waals surface area contributed by atoms with Gasteiger partial charge in [-0.05, 0) is 56.4 Å². The average Bonchev–Trinajstić information content (AvgIpc) is 3.56. The quantitative estimate of drug-likeness (QED) is 0.420. The minimum Gasteiger partial charge on any atom is -0.378 e. The van der Waals surface area contributed by atoms with E-state index >= 15 is 0 Å². The molecule has 2 saturated heterocycles. The molecule has 4 heterocycles. The van der Waals surface area contributed by atoms with E-state index in [1.54, 1.807) is 23.8 Å². The van der Waals surface area contributed by atoms with Crippen LogP contribution in [0.25, 0.3) is 16.9 Å². The second-order valence-corrected chi connectivity index (χ2v) is 10.7. The summed E-state index contributed by atoms with van der Waals surface area (Å²) in [4.78, 5) is 22.8. The van der Waals surface area contributed by atoms with Gasteiger partial charge in [-0.15, -0.1) is 0 Å². The number of carbonyl (C=O) groups is 1. The molecule has 39 heavy (non-hydrogen) atoms. The van der Waals surface area contributed by atoms with Crippen LogP contribution in [-0.2, 0) is 4.74 Å². The number of likely N-dealkylation sites (tertiary alicyclic amines) is 1. The molecule has 3 aromatic rings. The number of aryl methyl sites for hydroxylation is 1. The first-order valence-corrected chi connectivity index (χ1v) is 13.4. The van der Waals surface area contributed by atoms with Crippen LogP contribution in [-0.4, -0.2) is 75.9 Å². The molecule has 1 unspecified atom stereocenters. The van der Waals surface area contributed by atoms with Crippen molar-refractivity contribution in [3.05, 3.63) is 59.8 Å². The van der Waals surface area contributed by atoms with E-state index in [0.29, 0.717) is 35.6 Å². The molecule has 1 saturated carbocycles. The number of hydrogen-bond acceptors (Lipinski definition) is 6. The highest BCUT2D eigenvalue weighted by atomic mass is 19.1. The van der Waals surface area contributed by atoms with E-state index in [1.807, 2.05) is 0 Å². The Hall–Kier alpha value is -3.44. The Balaban J connectivity index is 1.18. The van der Waals surface area contributed by atoms with Crippen molar-refractivity contribution in [2.45, 2.75) is 57.0 Å². The zero-order chi connectivity index (χ0) is 27.1. The summed E-state index contributed by atoms with van der Waals surface area (Å²) < 4.78 is 51.4. The van der Waals surface area contributed by atoms with Crippen molar-refractivity contribution < 1.29 is 22.7 Å². The minimum absolute atomic E-state index is 0.0520. The normalized spacial score (nSPS) is 23.3. The Morgan fingerprint density at radius 3 is 2.69 bits per heavy atom. The minimum atomic E-state index is -1.08. The van der Waals surface area contributed by atoms with Gasteiger partial charge in [0, 0.05) is 38.5 Å². The van der Waals surface area contributed by atoms with Gasteiger partial charge in [-0.1, -0.05) is 0 Å². The lowest BCUT2D eigenvalue weighted by molar-refractivity contribution is -0.0722. The Morgan fingerprint density at radius 2 is 1.97 bits per heavy atom. The maximum absolute atomic E-state index is 15.0. The number of ether oxygens (including phenoxy) is 1. The van der Waals surface area contributed by atoms with Crippen molar-refractivity contribution in [1.82, 2.24) is 24.8 Å². The van der Waals surface area contributed by atoms with Crippen LogP contribution < -0.4 is 10.6 Å². The standard InChI is InChI=1S/C28H31F3N6O2/c1-16-8-22(29)20(28(38)35-17-2-3-17)10-26(16)37-14-25(33-15-37)21-9-18(11-32-27(21)31)34-24-4-6-36(13-23(24)30)12-19-5-7-39-19/h8-11,14-15,17,19,23-24,34H,2-7,12-13H2,1H3,(H,35,38)/t19?,23-,24+/m1/s1. The van der Waals surface area contributed by atoms with Crippen LogP contribution in [0.15, 0.2) is 36.9 Å². The summed E-state index contributed by atoms with van der Waals surface area (Å²) >= 11 is 0.